The van der Waals surface area contributed by atoms with E-state index in [-0.39, 0.29) is 29.8 Å². The number of guanidine groups is 1. The van der Waals surface area contributed by atoms with Gasteiger partial charge in [-0.1, -0.05) is 36.4 Å². The summed E-state index contributed by atoms with van der Waals surface area (Å²) in [6.45, 7) is 1.80. The van der Waals surface area contributed by atoms with Crippen molar-refractivity contribution in [1.82, 2.24) is 15.1 Å². The minimum Gasteiger partial charge on any atom is -0.352 e. The lowest BCUT2D eigenvalue weighted by atomic mass is 10.1. The molecule has 0 saturated heterocycles. The summed E-state index contributed by atoms with van der Waals surface area (Å²) in [5.41, 5.74) is 2.90. The van der Waals surface area contributed by atoms with Gasteiger partial charge in [-0.3, -0.25) is 0 Å². The van der Waals surface area contributed by atoms with Crippen molar-refractivity contribution in [3.63, 3.8) is 0 Å². The molecule has 0 radical (unpaired) electrons. The number of hydrogen-bond donors (Lipinski definition) is 1. The molecule has 0 aliphatic heterocycles. The molecule has 2 aromatic rings. The second-order valence-electron chi connectivity index (χ2n) is 6.54. The van der Waals surface area contributed by atoms with Crippen molar-refractivity contribution >= 4 is 29.9 Å². The van der Waals surface area contributed by atoms with Gasteiger partial charge in [0.2, 0.25) is 0 Å². The van der Waals surface area contributed by atoms with Crippen LogP contribution in [0.3, 0.4) is 0 Å². The van der Waals surface area contributed by atoms with Gasteiger partial charge in [0.05, 0.1) is 6.54 Å². The molecule has 2 aromatic carbocycles. The van der Waals surface area contributed by atoms with Crippen LogP contribution in [-0.2, 0) is 19.6 Å². The Hall–Kier alpha value is -1.67. The summed E-state index contributed by atoms with van der Waals surface area (Å²) in [6, 6.07) is 15.4. The molecule has 0 aliphatic rings. The van der Waals surface area contributed by atoms with Gasteiger partial charge in [-0.15, -0.1) is 24.0 Å². The Bertz CT molecular complexity index is 702. The average molecular weight is 470 g/mol. The van der Waals surface area contributed by atoms with Crippen LogP contribution in [0.5, 0.6) is 0 Å². The third-order valence-corrected chi connectivity index (χ3v) is 3.73. The van der Waals surface area contributed by atoms with E-state index in [2.05, 4.69) is 22.4 Å². The molecule has 6 heteroatoms. The van der Waals surface area contributed by atoms with E-state index >= 15 is 0 Å². The van der Waals surface area contributed by atoms with Gasteiger partial charge in [0.25, 0.3) is 0 Å². The van der Waals surface area contributed by atoms with Crippen LogP contribution in [0, 0.1) is 5.82 Å². The number of halogens is 2. The van der Waals surface area contributed by atoms with E-state index in [9.17, 15) is 4.39 Å². The maximum absolute atomic E-state index is 13.9. The molecule has 0 aromatic heterocycles. The third kappa shape index (κ3) is 7.29. The first-order valence-corrected chi connectivity index (χ1v) is 8.37. The highest BCUT2D eigenvalue weighted by molar-refractivity contribution is 14.0. The predicted molar refractivity (Wildman–Crippen MR) is 117 cm³/mol. The smallest absolute Gasteiger partial charge is 0.194 e. The molecular weight excluding hydrogens is 442 g/mol. The summed E-state index contributed by atoms with van der Waals surface area (Å²) in [5, 5.41) is 3.36. The topological polar surface area (TPSA) is 30.9 Å². The summed E-state index contributed by atoms with van der Waals surface area (Å²) in [5.74, 6) is 0.638. The summed E-state index contributed by atoms with van der Waals surface area (Å²) in [7, 11) is 7.78. The maximum Gasteiger partial charge on any atom is 0.194 e. The summed E-state index contributed by atoms with van der Waals surface area (Å²) in [6.07, 6.45) is 0. The van der Waals surface area contributed by atoms with Crippen LogP contribution >= 0.6 is 24.0 Å². The highest BCUT2D eigenvalue weighted by Crippen LogP contribution is 2.13. The summed E-state index contributed by atoms with van der Waals surface area (Å²) in [4.78, 5) is 8.56. The van der Waals surface area contributed by atoms with Crippen LogP contribution in [0.4, 0.5) is 4.39 Å². The highest BCUT2D eigenvalue weighted by atomic mass is 127. The Morgan fingerprint density at radius 2 is 1.69 bits per heavy atom. The Balaban J connectivity index is 0.00000338. The van der Waals surface area contributed by atoms with Gasteiger partial charge in [0, 0.05) is 32.7 Å². The molecule has 26 heavy (non-hydrogen) atoms. The van der Waals surface area contributed by atoms with Gasteiger partial charge >= 0.3 is 0 Å². The van der Waals surface area contributed by atoms with Crippen molar-refractivity contribution in [2.45, 2.75) is 19.6 Å². The fourth-order valence-electron chi connectivity index (χ4n) is 2.49. The molecule has 0 amide bonds. The zero-order valence-corrected chi connectivity index (χ0v) is 18.2. The Labute approximate surface area is 173 Å². The number of rotatable bonds is 6. The lowest BCUT2D eigenvalue weighted by Crippen LogP contribution is -2.36. The quantitative estimate of drug-likeness (QED) is 0.397. The number of aliphatic imine (C=N–C) groups is 1. The van der Waals surface area contributed by atoms with E-state index in [0.717, 1.165) is 11.5 Å². The molecule has 2 rings (SSSR count). The van der Waals surface area contributed by atoms with Crippen LogP contribution in [0.2, 0.25) is 0 Å². The van der Waals surface area contributed by atoms with Gasteiger partial charge in [-0.05, 0) is 37.4 Å². The lowest BCUT2D eigenvalue weighted by Gasteiger charge is -2.18. The molecule has 0 spiro atoms. The van der Waals surface area contributed by atoms with Gasteiger partial charge in [0.1, 0.15) is 5.82 Å². The number of nitrogens with zero attached hydrogens (tertiary/aromatic N) is 3. The zero-order valence-electron chi connectivity index (χ0n) is 15.9. The zero-order chi connectivity index (χ0) is 18.2. The molecule has 142 valence electrons. The SMILES string of the molecule is CN(C)Cc1cc(CN=C(NCc2ccccc2)N(C)C)ccc1F.I. The van der Waals surface area contributed by atoms with Crippen molar-refractivity contribution in [3.8, 4) is 0 Å². The fraction of sp³-hybridized carbons (Fsp3) is 0.350. The molecular formula is C20H28FIN4. The molecule has 0 heterocycles. The Morgan fingerprint density at radius 1 is 1.00 bits per heavy atom. The largest absolute Gasteiger partial charge is 0.352 e. The first kappa shape index (κ1) is 22.4. The number of hydrogen-bond acceptors (Lipinski definition) is 2. The van der Waals surface area contributed by atoms with E-state index in [1.165, 1.54) is 11.6 Å². The second-order valence-corrected chi connectivity index (χ2v) is 6.54. The van der Waals surface area contributed by atoms with Crippen molar-refractivity contribution in [1.29, 1.82) is 0 Å². The van der Waals surface area contributed by atoms with Gasteiger partial charge in [-0.2, -0.15) is 0 Å². The molecule has 1 N–H and O–H groups in total. The average Bonchev–Trinajstić information content (AvgIpc) is 2.57. The highest BCUT2D eigenvalue weighted by Gasteiger charge is 2.06. The van der Waals surface area contributed by atoms with E-state index in [1.54, 1.807) is 6.07 Å². The molecule has 0 aliphatic carbocycles. The van der Waals surface area contributed by atoms with Crippen LogP contribution < -0.4 is 5.32 Å². The fourth-order valence-corrected chi connectivity index (χ4v) is 2.49. The first-order valence-electron chi connectivity index (χ1n) is 8.37. The summed E-state index contributed by atoms with van der Waals surface area (Å²) >= 11 is 0. The van der Waals surface area contributed by atoms with Gasteiger partial charge in [-0.25, -0.2) is 9.38 Å². The van der Waals surface area contributed by atoms with Crippen LogP contribution in [0.1, 0.15) is 16.7 Å². The van der Waals surface area contributed by atoms with Crippen molar-refractivity contribution in [2.75, 3.05) is 28.2 Å². The molecule has 4 nitrogen and oxygen atoms in total. The molecule has 0 saturated carbocycles. The van der Waals surface area contributed by atoms with E-state index in [0.29, 0.717) is 25.2 Å². The molecule has 0 atom stereocenters. The lowest BCUT2D eigenvalue weighted by molar-refractivity contribution is 0.392. The third-order valence-electron chi connectivity index (χ3n) is 3.73. The van der Waals surface area contributed by atoms with Gasteiger partial charge in [0.15, 0.2) is 5.96 Å². The maximum atomic E-state index is 13.9. The second kappa shape index (κ2) is 11.1. The van der Waals surface area contributed by atoms with Crippen LogP contribution in [0.15, 0.2) is 53.5 Å². The van der Waals surface area contributed by atoms with Crippen LogP contribution in [-0.4, -0.2) is 44.0 Å². The van der Waals surface area contributed by atoms with Crippen molar-refractivity contribution in [3.05, 3.63) is 71.0 Å². The molecule has 0 fully saturated rings. The van der Waals surface area contributed by atoms with Gasteiger partial charge < -0.3 is 15.1 Å². The minimum atomic E-state index is -0.170. The van der Waals surface area contributed by atoms with E-state index in [1.807, 2.05) is 62.3 Å². The van der Waals surface area contributed by atoms with E-state index in [4.69, 9.17) is 0 Å². The Kier molecular flexibility index (Phi) is 9.58. The van der Waals surface area contributed by atoms with Crippen molar-refractivity contribution < 1.29 is 4.39 Å². The number of benzene rings is 2. The van der Waals surface area contributed by atoms with Crippen LogP contribution in [0.25, 0.3) is 0 Å². The molecule has 0 unspecified atom stereocenters. The standard InChI is InChI=1S/C20H27FN4.HI/c1-24(2)15-18-12-17(10-11-19(18)21)14-23-20(25(3)4)22-13-16-8-6-5-7-9-16;/h5-12H,13-15H2,1-4H3,(H,22,23);1H. The van der Waals surface area contributed by atoms with E-state index < -0.39 is 0 Å². The monoisotopic (exact) mass is 470 g/mol. The normalized spacial score (nSPS) is 11.2. The molecule has 0 bridgehead atoms. The predicted octanol–water partition coefficient (Wildman–Crippen LogP) is 3.71. The number of nitrogens with one attached hydrogen (secondary N) is 1. The minimum absolute atomic E-state index is 0. The summed E-state index contributed by atoms with van der Waals surface area (Å²) < 4.78 is 13.9. The van der Waals surface area contributed by atoms with Crippen molar-refractivity contribution in [2.24, 2.45) is 4.99 Å². The first-order chi connectivity index (χ1) is 12.0. The Morgan fingerprint density at radius 3 is 2.31 bits per heavy atom.